The minimum absolute atomic E-state index is 0.499. The van der Waals surface area contributed by atoms with Gasteiger partial charge in [0, 0.05) is 54.2 Å². The number of aromatic nitrogens is 3. The van der Waals surface area contributed by atoms with Crippen molar-refractivity contribution in [2.75, 3.05) is 37.4 Å². The number of terminal acetylenes is 1. The maximum absolute atomic E-state index is 5.78. The van der Waals surface area contributed by atoms with E-state index in [0.29, 0.717) is 11.8 Å². The zero-order chi connectivity index (χ0) is 22.6. The van der Waals surface area contributed by atoms with Crippen molar-refractivity contribution >= 4 is 28.4 Å². The van der Waals surface area contributed by atoms with Gasteiger partial charge in [0.05, 0.1) is 18.7 Å². The summed E-state index contributed by atoms with van der Waals surface area (Å²) in [6.45, 7) is 4.20. The molecule has 0 saturated carbocycles. The quantitative estimate of drug-likeness (QED) is 0.460. The Morgan fingerprint density at radius 2 is 1.88 bits per heavy atom. The third-order valence-electron chi connectivity index (χ3n) is 5.62. The Morgan fingerprint density at radius 3 is 2.67 bits per heavy atom. The molecule has 1 saturated heterocycles. The van der Waals surface area contributed by atoms with Gasteiger partial charge in [-0.15, -0.1) is 6.42 Å². The van der Waals surface area contributed by atoms with Gasteiger partial charge >= 0.3 is 0 Å². The lowest BCUT2D eigenvalue weighted by molar-refractivity contribution is 0.0342. The molecule has 7 nitrogen and oxygen atoms in total. The Hall–Kier alpha value is -3.99. The number of nitrogen functional groups attached to an aromatic ring is 1. The average molecular weight is 437 g/mol. The molecule has 0 bridgehead atoms. The first kappa shape index (κ1) is 20.9. The Balaban J connectivity index is 1.47. The number of pyridine rings is 1. The zero-order valence-electron chi connectivity index (χ0n) is 18.2. The second-order valence-corrected chi connectivity index (χ2v) is 8.02. The van der Waals surface area contributed by atoms with Crippen LogP contribution in [-0.2, 0) is 11.3 Å². The molecule has 5 rings (SSSR count). The molecule has 4 aromatic rings. The van der Waals surface area contributed by atoms with Crippen molar-refractivity contribution < 1.29 is 4.74 Å². The third-order valence-corrected chi connectivity index (χ3v) is 5.62. The molecule has 3 heterocycles. The van der Waals surface area contributed by atoms with Gasteiger partial charge in [-0.05, 0) is 59.7 Å². The number of ether oxygens (including phenoxy) is 1. The van der Waals surface area contributed by atoms with Crippen LogP contribution < -0.4 is 11.1 Å². The normalized spacial score (nSPS) is 14.2. The van der Waals surface area contributed by atoms with E-state index in [4.69, 9.17) is 16.9 Å². The van der Waals surface area contributed by atoms with Crippen molar-refractivity contribution in [2.24, 2.45) is 0 Å². The zero-order valence-corrected chi connectivity index (χ0v) is 18.2. The number of benzene rings is 2. The Labute approximate surface area is 192 Å². The highest BCUT2D eigenvalue weighted by molar-refractivity contribution is 5.81. The highest BCUT2D eigenvalue weighted by Gasteiger charge is 2.13. The highest BCUT2D eigenvalue weighted by atomic mass is 16.5. The highest BCUT2D eigenvalue weighted by Crippen LogP contribution is 2.27. The van der Waals surface area contributed by atoms with Gasteiger partial charge in [0.2, 0.25) is 5.95 Å². The van der Waals surface area contributed by atoms with E-state index >= 15 is 0 Å². The van der Waals surface area contributed by atoms with Gasteiger partial charge in [-0.2, -0.15) is 0 Å². The number of fused-ring (bicyclic) bond motifs is 1. The number of nitrogens with two attached hydrogens (primary N) is 1. The van der Waals surface area contributed by atoms with Crippen LogP contribution in [-0.4, -0.2) is 46.2 Å². The maximum atomic E-state index is 5.78. The lowest BCUT2D eigenvalue weighted by Crippen LogP contribution is -2.35. The summed E-state index contributed by atoms with van der Waals surface area (Å²) in [5, 5.41) is 4.28. The molecule has 0 amide bonds. The van der Waals surface area contributed by atoms with Crippen molar-refractivity contribution in [3.8, 4) is 23.5 Å². The molecule has 7 heteroatoms. The lowest BCUT2D eigenvalue weighted by atomic mass is 10.0. The monoisotopic (exact) mass is 436 g/mol. The van der Waals surface area contributed by atoms with Crippen molar-refractivity contribution in [2.45, 2.75) is 6.54 Å². The molecule has 0 spiro atoms. The fourth-order valence-corrected chi connectivity index (χ4v) is 3.93. The second kappa shape index (κ2) is 9.25. The number of hydrogen-bond acceptors (Lipinski definition) is 7. The first-order chi connectivity index (χ1) is 16.2. The number of hydrogen-bond donors (Lipinski definition) is 2. The van der Waals surface area contributed by atoms with E-state index in [0.717, 1.165) is 66.1 Å². The molecule has 1 aliphatic rings. The summed E-state index contributed by atoms with van der Waals surface area (Å²) in [5.74, 6) is 3.67. The van der Waals surface area contributed by atoms with Crippen LogP contribution in [0.4, 0.5) is 17.5 Å². The summed E-state index contributed by atoms with van der Waals surface area (Å²) in [4.78, 5) is 15.8. The van der Waals surface area contributed by atoms with Crippen molar-refractivity contribution in [1.82, 2.24) is 19.9 Å². The van der Waals surface area contributed by atoms with Crippen LogP contribution in [0.1, 0.15) is 11.1 Å². The first-order valence-electron chi connectivity index (χ1n) is 10.8. The standard InChI is InChI=1S/C26H24N6O/c1-2-18-3-5-24-22(11-18)16-29-26(31-24)30-23-13-19(17-32-7-9-33-10-8-32)12-21(14-23)20-4-6-25(27)28-15-20/h1,3-6,11-16H,7-10,17H2,(H2,27,28)(H,29,30,31). The van der Waals surface area contributed by atoms with E-state index in [1.807, 2.05) is 30.3 Å². The number of nitrogens with one attached hydrogen (secondary N) is 1. The summed E-state index contributed by atoms with van der Waals surface area (Å²) in [5.41, 5.74) is 11.6. The van der Waals surface area contributed by atoms with E-state index in [2.05, 4.69) is 49.3 Å². The molecular weight excluding hydrogens is 412 g/mol. The Bertz CT molecular complexity index is 1320. The van der Waals surface area contributed by atoms with Gasteiger partial charge in [-0.1, -0.05) is 5.92 Å². The van der Waals surface area contributed by atoms with Crippen LogP contribution in [0.3, 0.4) is 0 Å². The smallest absolute Gasteiger partial charge is 0.227 e. The summed E-state index contributed by atoms with van der Waals surface area (Å²) < 4.78 is 5.49. The van der Waals surface area contributed by atoms with Crippen LogP contribution in [0.5, 0.6) is 0 Å². The number of anilines is 3. The van der Waals surface area contributed by atoms with Gasteiger partial charge < -0.3 is 15.8 Å². The fraction of sp³-hybridized carbons (Fsp3) is 0.192. The largest absolute Gasteiger partial charge is 0.384 e. The van der Waals surface area contributed by atoms with E-state index in [9.17, 15) is 0 Å². The van der Waals surface area contributed by atoms with E-state index in [1.54, 1.807) is 12.4 Å². The third kappa shape index (κ3) is 4.93. The SMILES string of the molecule is C#Cc1ccc2nc(Nc3cc(CN4CCOCC4)cc(-c4ccc(N)nc4)c3)ncc2c1. The summed E-state index contributed by atoms with van der Waals surface area (Å²) >= 11 is 0. The predicted molar refractivity (Wildman–Crippen MR) is 131 cm³/mol. The van der Waals surface area contributed by atoms with E-state index < -0.39 is 0 Å². The molecule has 0 aliphatic carbocycles. The van der Waals surface area contributed by atoms with Gasteiger partial charge in [-0.3, -0.25) is 4.90 Å². The van der Waals surface area contributed by atoms with Gasteiger partial charge in [0.1, 0.15) is 5.82 Å². The molecule has 3 N–H and O–H groups in total. The van der Waals surface area contributed by atoms with Crippen molar-refractivity contribution in [1.29, 1.82) is 0 Å². The first-order valence-corrected chi connectivity index (χ1v) is 10.8. The van der Waals surface area contributed by atoms with Crippen LogP contribution >= 0.6 is 0 Å². The van der Waals surface area contributed by atoms with E-state index in [1.165, 1.54) is 5.56 Å². The van der Waals surface area contributed by atoms with Gasteiger partial charge in [-0.25, -0.2) is 15.0 Å². The molecule has 33 heavy (non-hydrogen) atoms. The van der Waals surface area contributed by atoms with Crippen molar-refractivity contribution in [3.05, 3.63) is 72.1 Å². The maximum Gasteiger partial charge on any atom is 0.227 e. The Kier molecular flexibility index (Phi) is 5.85. The lowest BCUT2D eigenvalue weighted by Gasteiger charge is -2.27. The molecule has 164 valence electrons. The van der Waals surface area contributed by atoms with Gasteiger partial charge in [0.15, 0.2) is 0 Å². The van der Waals surface area contributed by atoms with E-state index in [-0.39, 0.29) is 0 Å². The fourth-order valence-electron chi connectivity index (χ4n) is 3.93. The number of nitrogens with zero attached hydrogens (tertiary/aromatic N) is 4. The van der Waals surface area contributed by atoms with Crippen molar-refractivity contribution in [3.63, 3.8) is 0 Å². The molecule has 0 atom stereocenters. The summed E-state index contributed by atoms with van der Waals surface area (Å²) in [6.07, 6.45) is 9.08. The van der Waals surface area contributed by atoms with Crippen LogP contribution in [0, 0.1) is 12.3 Å². The van der Waals surface area contributed by atoms with Gasteiger partial charge in [0.25, 0.3) is 0 Å². The number of morpholine rings is 1. The molecule has 1 aliphatic heterocycles. The minimum Gasteiger partial charge on any atom is -0.384 e. The second-order valence-electron chi connectivity index (χ2n) is 8.02. The molecule has 0 radical (unpaired) electrons. The molecule has 0 unspecified atom stereocenters. The molecule has 1 fully saturated rings. The van der Waals surface area contributed by atoms with Crippen LogP contribution in [0.15, 0.2) is 60.9 Å². The molecule has 2 aromatic heterocycles. The molecular formula is C26H24N6O. The van der Waals surface area contributed by atoms with Crippen LogP contribution in [0.25, 0.3) is 22.0 Å². The predicted octanol–water partition coefficient (Wildman–Crippen LogP) is 3.83. The summed E-state index contributed by atoms with van der Waals surface area (Å²) in [7, 11) is 0. The molecule has 2 aromatic carbocycles. The van der Waals surface area contributed by atoms with Crippen LogP contribution in [0.2, 0.25) is 0 Å². The minimum atomic E-state index is 0.499. The summed E-state index contributed by atoms with van der Waals surface area (Å²) in [6, 6.07) is 15.9. The topological polar surface area (TPSA) is 89.2 Å². The Morgan fingerprint density at radius 1 is 1.00 bits per heavy atom. The number of rotatable bonds is 5. The average Bonchev–Trinajstić information content (AvgIpc) is 2.84.